The number of carbonyl (C=O) groups is 2. The normalized spacial score (nSPS) is 19.7. The lowest BCUT2D eigenvalue weighted by Gasteiger charge is -2.35. The molecular formula is C15H28ClN3O3. The van der Waals surface area contributed by atoms with Crippen molar-refractivity contribution in [2.45, 2.75) is 25.7 Å². The van der Waals surface area contributed by atoms with Gasteiger partial charge in [0, 0.05) is 39.7 Å². The summed E-state index contributed by atoms with van der Waals surface area (Å²) in [5, 5.41) is 3.35. The van der Waals surface area contributed by atoms with Gasteiger partial charge in [-0.25, -0.2) is 0 Å². The Labute approximate surface area is 138 Å². The van der Waals surface area contributed by atoms with Crippen molar-refractivity contribution >= 4 is 24.2 Å². The van der Waals surface area contributed by atoms with Gasteiger partial charge in [-0.3, -0.25) is 9.59 Å². The molecule has 0 aromatic carbocycles. The van der Waals surface area contributed by atoms with Crippen molar-refractivity contribution in [2.24, 2.45) is 5.92 Å². The molecule has 0 bridgehead atoms. The number of methoxy groups -OCH3 is 1. The number of nitrogens with one attached hydrogen (secondary N) is 1. The Morgan fingerprint density at radius 2 is 1.59 bits per heavy atom. The molecule has 2 heterocycles. The maximum Gasteiger partial charge on any atom is 0.248 e. The fourth-order valence-corrected chi connectivity index (χ4v) is 3.08. The molecule has 0 unspecified atom stereocenters. The van der Waals surface area contributed by atoms with Gasteiger partial charge in [-0.15, -0.1) is 12.4 Å². The number of carbonyl (C=O) groups excluding carboxylic acids is 2. The second-order valence-corrected chi connectivity index (χ2v) is 5.93. The second kappa shape index (κ2) is 10.0. The van der Waals surface area contributed by atoms with Crippen LogP contribution in [0, 0.1) is 5.92 Å². The minimum Gasteiger partial charge on any atom is -0.375 e. The third-order valence-corrected chi connectivity index (χ3v) is 4.48. The zero-order chi connectivity index (χ0) is 15.1. The Hall–Kier alpha value is -0.850. The molecular weight excluding hydrogens is 306 g/mol. The standard InChI is InChI=1S/C15H27N3O3.ClH/c1-21-12-15(20)18-10-8-17(9-11-18)14(19)3-2-13-4-6-16-7-5-13;/h13,16H,2-12H2,1H3;1H. The van der Waals surface area contributed by atoms with Crippen LogP contribution < -0.4 is 5.32 Å². The molecule has 1 N–H and O–H groups in total. The highest BCUT2D eigenvalue weighted by molar-refractivity contribution is 5.85. The number of halogens is 1. The monoisotopic (exact) mass is 333 g/mol. The lowest BCUT2D eigenvalue weighted by atomic mass is 9.93. The van der Waals surface area contributed by atoms with E-state index < -0.39 is 0 Å². The molecule has 22 heavy (non-hydrogen) atoms. The van der Waals surface area contributed by atoms with E-state index in [1.807, 2.05) is 4.90 Å². The molecule has 2 fully saturated rings. The fraction of sp³-hybridized carbons (Fsp3) is 0.867. The third-order valence-electron chi connectivity index (χ3n) is 4.48. The van der Waals surface area contributed by atoms with Crippen LogP contribution >= 0.6 is 12.4 Å². The molecule has 0 aliphatic carbocycles. The summed E-state index contributed by atoms with van der Waals surface area (Å²) >= 11 is 0. The quantitative estimate of drug-likeness (QED) is 0.796. The molecule has 2 aliphatic heterocycles. The van der Waals surface area contributed by atoms with Crippen LogP contribution in [0.5, 0.6) is 0 Å². The highest BCUT2D eigenvalue weighted by Gasteiger charge is 2.24. The molecule has 0 aromatic heterocycles. The molecule has 2 aliphatic rings. The summed E-state index contributed by atoms with van der Waals surface area (Å²) in [6, 6.07) is 0. The van der Waals surface area contributed by atoms with Gasteiger partial charge in [0.15, 0.2) is 0 Å². The molecule has 0 aromatic rings. The van der Waals surface area contributed by atoms with Gasteiger partial charge < -0.3 is 19.9 Å². The molecule has 0 saturated carbocycles. The maximum absolute atomic E-state index is 12.2. The van der Waals surface area contributed by atoms with Crippen LogP contribution in [0.4, 0.5) is 0 Å². The highest BCUT2D eigenvalue weighted by atomic mass is 35.5. The van der Waals surface area contributed by atoms with Gasteiger partial charge in [0.05, 0.1) is 0 Å². The van der Waals surface area contributed by atoms with E-state index in [0.29, 0.717) is 38.5 Å². The minimum absolute atomic E-state index is 0. The number of amides is 2. The summed E-state index contributed by atoms with van der Waals surface area (Å²) in [5.41, 5.74) is 0. The van der Waals surface area contributed by atoms with Crippen LogP contribution in [0.3, 0.4) is 0 Å². The highest BCUT2D eigenvalue weighted by Crippen LogP contribution is 2.18. The predicted octanol–water partition coefficient (Wildman–Crippen LogP) is 0.505. The van der Waals surface area contributed by atoms with Crippen molar-refractivity contribution in [2.75, 3.05) is 53.0 Å². The van der Waals surface area contributed by atoms with Crippen molar-refractivity contribution < 1.29 is 14.3 Å². The molecule has 0 radical (unpaired) electrons. The van der Waals surface area contributed by atoms with Crippen LogP contribution in [0.2, 0.25) is 0 Å². The van der Waals surface area contributed by atoms with Crippen LogP contribution in [0.15, 0.2) is 0 Å². The molecule has 2 saturated heterocycles. The Balaban J connectivity index is 0.00000242. The van der Waals surface area contributed by atoms with Gasteiger partial charge in [0.2, 0.25) is 11.8 Å². The van der Waals surface area contributed by atoms with Gasteiger partial charge in [0.25, 0.3) is 0 Å². The van der Waals surface area contributed by atoms with Gasteiger partial charge >= 0.3 is 0 Å². The summed E-state index contributed by atoms with van der Waals surface area (Å²) < 4.78 is 4.86. The van der Waals surface area contributed by atoms with E-state index in [4.69, 9.17) is 4.74 Å². The minimum atomic E-state index is 0. The van der Waals surface area contributed by atoms with Gasteiger partial charge in [-0.05, 0) is 38.3 Å². The van der Waals surface area contributed by atoms with Crippen molar-refractivity contribution in [1.29, 1.82) is 0 Å². The molecule has 6 nitrogen and oxygen atoms in total. The van der Waals surface area contributed by atoms with E-state index >= 15 is 0 Å². The van der Waals surface area contributed by atoms with E-state index in [2.05, 4.69) is 5.32 Å². The van der Waals surface area contributed by atoms with Crippen LogP contribution in [0.1, 0.15) is 25.7 Å². The molecule has 2 rings (SSSR count). The molecule has 7 heteroatoms. The lowest BCUT2D eigenvalue weighted by molar-refractivity contribution is -0.142. The number of rotatable bonds is 5. The largest absolute Gasteiger partial charge is 0.375 e. The molecule has 2 amide bonds. The van der Waals surface area contributed by atoms with E-state index in [1.165, 1.54) is 20.0 Å². The zero-order valence-corrected chi connectivity index (χ0v) is 14.2. The van der Waals surface area contributed by atoms with Crippen molar-refractivity contribution in [1.82, 2.24) is 15.1 Å². The maximum atomic E-state index is 12.2. The first-order chi connectivity index (χ1) is 10.2. The predicted molar refractivity (Wildman–Crippen MR) is 87.1 cm³/mol. The van der Waals surface area contributed by atoms with E-state index in [-0.39, 0.29) is 30.8 Å². The van der Waals surface area contributed by atoms with Crippen LogP contribution in [0.25, 0.3) is 0 Å². The smallest absolute Gasteiger partial charge is 0.248 e. The Kier molecular flexibility index (Phi) is 8.75. The number of hydrogen-bond acceptors (Lipinski definition) is 4. The summed E-state index contributed by atoms with van der Waals surface area (Å²) in [4.78, 5) is 27.6. The first-order valence-corrected chi connectivity index (χ1v) is 7.96. The van der Waals surface area contributed by atoms with E-state index in [1.54, 1.807) is 4.90 Å². The summed E-state index contributed by atoms with van der Waals surface area (Å²) in [6.45, 7) is 4.85. The number of ether oxygens (including phenoxy) is 1. The number of hydrogen-bond donors (Lipinski definition) is 1. The number of nitrogens with zero attached hydrogens (tertiary/aromatic N) is 2. The van der Waals surface area contributed by atoms with Crippen molar-refractivity contribution in [3.8, 4) is 0 Å². The van der Waals surface area contributed by atoms with Gasteiger partial charge in [0.1, 0.15) is 6.61 Å². The van der Waals surface area contributed by atoms with Crippen LogP contribution in [-0.4, -0.2) is 74.6 Å². The zero-order valence-electron chi connectivity index (χ0n) is 13.4. The Bertz CT molecular complexity index is 354. The Morgan fingerprint density at radius 1 is 1.05 bits per heavy atom. The second-order valence-electron chi connectivity index (χ2n) is 5.93. The van der Waals surface area contributed by atoms with E-state index in [0.717, 1.165) is 19.5 Å². The average molecular weight is 334 g/mol. The first kappa shape index (κ1) is 19.2. The number of piperazine rings is 1. The average Bonchev–Trinajstić information content (AvgIpc) is 2.54. The summed E-state index contributed by atoms with van der Waals surface area (Å²) in [7, 11) is 1.53. The topological polar surface area (TPSA) is 61.9 Å². The van der Waals surface area contributed by atoms with Gasteiger partial charge in [-0.1, -0.05) is 0 Å². The summed E-state index contributed by atoms with van der Waals surface area (Å²) in [5.74, 6) is 0.950. The third kappa shape index (κ3) is 5.74. The van der Waals surface area contributed by atoms with Crippen molar-refractivity contribution in [3.05, 3.63) is 0 Å². The SMILES string of the molecule is COCC(=O)N1CCN(C(=O)CCC2CCNCC2)CC1.Cl. The van der Waals surface area contributed by atoms with E-state index in [9.17, 15) is 9.59 Å². The molecule has 0 spiro atoms. The lowest BCUT2D eigenvalue weighted by Crippen LogP contribution is -2.51. The summed E-state index contributed by atoms with van der Waals surface area (Å²) in [6.07, 6.45) is 4.03. The van der Waals surface area contributed by atoms with Crippen molar-refractivity contribution in [3.63, 3.8) is 0 Å². The van der Waals surface area contributed by atoms with Crippen LogP contribution in [-0.2, 0) is 14.3 Å². The first-order valence-electron chi connectivity index (χ1n) is 7.96. The molecule has 128 valence electrons. The molecule has 0 atom stereocenters. The van der Waals surface area contributed by atoms with Gasteiger partial charge in [-0.2, -0.15) is 0 Å². The Morgan fingerprint density at radius 3 is 2.14 bits per heavy atom. The fourth-order valence-electron chi connectivity index (χ4n) is 3.08. The number of piperidine rings is 1.